The van der Waals surface area contributed by atoms with Gasteiger partial charge in [0.25, 0.3) is 0 Å². The molecule has 0 aromatic rings. The Bertz CT molecular complexity index is 642. The highest BCUT2D eigenvalue weighted by Gasteiger charge is 2.14. The van der Waals surface area contributed by atoms with E-state index in [0.717, 1.165) is 57.3 Å². The molecule has 0 aromatic carbocycles. The maximum atomic E-state index is 5.54. The second-order valence-electron chi connectivity index (χ2n) is 9.32. The third-order valence-electron chi connectivity index (χ3n) is 5.62. The number of hydrogen-bond donors (Lipinski definition) is 0. The van der Waals surface area contributed by atoms with Crippen molar-refractivity contribution in [1.29, 1.82) is 0 Å². The highest BCUT2D eigenvalue weighted by atomic mass is 16.8. The first-order valence-electron chi connectivity index (χ1n) is 12.3. The Hall–Kier alpha value is -1.61. The molecule has 0 spiro atoms. The lowest BCUT2D eigenvalue weighted by molar-refractivity contribution is -0.162. The fraction of sp³-hybridized carbons (Fsp3) is 0.679. The first-order chi connectivity index (χ1) is 14.9. The van der Waals surface area contributed by atoms with E-state index < -0.39 is 0 Å². The average molecular weight is 430 g/mol. The van der Waals surface area contributed by atoms with Gasteiger partial charge in [0.1, 0.15) is 0 Å². The second-order valence-corrected chi connectivity index (χ2v) is 9.32. The van der Waals surface area contributed by atoms with Crippen LogP contribution in [0.2, 0.25) is 0 Å². The van der Waals surface area contributed by atoms with Gasteiger partial charge in [-0.25, -0.2) is 0 Å². The van der Waals surface area contributed by atoms with E-state index in [-0.39, 0.29) is 6.29 Å². The molecular formula is C28H47NO2. The summed E-state index contributed by atoms with van der Waals surface area (Å²) in [4.78, 5) is 5.50. The van der Waals surface area contributed by atoms with Crippen LogP contribution in [0.3, 0.4) is 0 Å². The lowest BCUT2D eigenvalue weighted by Crippen LogP contribution is -2.20. The third kappa shape index (κ3) is 15.8. The summed E-state index contributed by atoms with van der Waals surface area (Å²) in [5.74, 6) is 0. The van der Waals surface area contributed by atoms with Crippen molar-refractivity contribution in [2.45, 2.75) is 118 Å². The van der Waals surface area contributed by atoms with Gasteiger partial charge >= 0.3 is 0 Å². The zero-order valence-electron chi connectivity index (χ0n) is 21.1. The summed E-state index contributed by atoms with van der Waals surface area (Å²) in [5, 5.41) is 4.24. The SMILES string of the molecule is CC(C)=CCCC(C)=CCCC(C)=CCCC(C)=CCCC(C)=NOC1CCCCO1. The lowest BCUT2D eigenvalue weighted by atomic mass is 10.0. The van der Waals surface area contributed by atoms with E-state index in [9.17, 15) is 0 Å². The van der Waals surface area contributed by atoms with Gasteiger partial charge in [-0.3, -0.25) is 0 Å². The highest BCUT2D eigenvalue weighted by Crippen LogP contribution is 2.15. The van der Waals surface area contributed by atoms with E-state index in [4.69, 9.17) is 9.57 Å². The number of allylic oxidation sites excluding steroid dienone is 8. The van der Waals surface area contributed by atoms with Crippen molar-refractivity contribution in [3.05, 3.63) is 46.6 Å². The first-order valence-corrected chi connectivity index (χ1v) is 12.3. The molecule has 176 valence electrons. The minimum atomic E-state index is -0.141. The minimum Gasteiger partial charge on any atom is -0.364 e. The number of nitrogens with zero attached hydrogens (tertiary/aromatic N) is 1. The maximum Gasteiger partial charge on any atom is 0.226 e. The van der Waals surface area contributed by atoms with Gasteiger partial charge in [-0.2, -0.15) is 0 Å². The van der Waals surface area contributed by atoms with Crippen molar-refractivity contribution in [2.24, 2.45) is 5.16 Å². The van der Waals surface area contributed by atoms with E-state index in [1.807, 2.05) is 6.92 Å². The Kier molecular flexibility index (Phi) is 15.0. The van der Waals surface area contributed by atoms with Crippen molar-refractivity contribution in [1.82, 2.24) is 0 Å². The number of hydrogen-bond acceptors (Lipinski definition) is 3. The van der Waals surface area contributed by atoms with Crippen LogP contribution in [0.1, 0.15) is 112 Å². The molecule has 1 unspecified atom stereocenters. The molecule has 1 rings (SSSR count). The van der Waals surface area contributed by atoms with Gasteiger partial charge in [-0.1, -0.05) is 51.8 Å². The molecule has 1 saturated heterocycles. The summed E-state index contributed by atoms with van der Waals surface area (Å²) in [5.41, 5.74) is 6.94. The minimum absolute atomic E-state index is 0.141. The number of ether oxygens (including phenoxy) is 1. The van der Waals surface area contributed by atoms with Crippen molar-refractivity contribution in [3.63, 3.8) is 0 Å². The predicted octanol–water partition coefficient (Wildman–Crippen LogP) is 8.83. The summed E-state index contributed by atoms with van der Waals surface area (Å²) in [7, 11) is 0. The molecule has 0 saturated carbocycles. The summed E-state index contributed by atoms with van der Waals surface area (Å²) < 4.78 is 5.54. The monoisotopic (exact) mass is 429 g/mol. The van der Waals surface area contributed by atoms with Crippen LogP contribution < -0.4 is 0 Å². The van der Waals surface area contributed by atoms with Crippen LogP contribution in [0.5, 0.6) is 0 Å². The largest absolute Gasteiger partial charge is 0.364 e. The van der Waals surface area contributed by atoms with E-state index in [0.29, 0.717) is 0 Å². The fourth-order valence-corrected chi connectivity index (χ4v) is 3.50. The van der Waals surface area contributed by atoms with Gasteiger partial charge in [-0.05, 0) is 106 Å². The number of oxime groups is 1. The van der Waals surface area contributed by atoms with Gasteiger partial charge in [0.15, 0.2) is 0 Å². The van der Waals surface area contributed by atoms with Gasteiger partial charge in [0.05, 0.1) is 12.3 Å². The molecule has 31 heavy (non-hydrogen) atoms. The van der Waals surface area contributed by atoms with Gasteiger partial charge < -0.3 is 9.57 Å². The Morgan fingerprint density at radius 3 is 1.74 bits per heavy atom. The second kappa shape index (κ2) is 17.0. The van der Waals surface area contributed by atoms with Crippen LogP contribution in [0, 0.1) is 0 Å². The van der Waals surface area contributed by atoms with Crippen molar-refractivity contribution < 1.29 is 9.57 Å². The molecule has 0 radical (unpaired) electrons. The molecule has 1 atom stereocenters. The zero-order chi connectivity index (χ0) is 22.9. The smallest absolute Gasteiger partial charge is 0.226 e. The van der Waals surface area contributed by atoms with E-state index in [2.05, 4.69) is 64.1 Å². The molecule has 0 amide bonds. The Morgan fingerprint density at radius 2 is 1.26 bits per heavy atom. The van der Waals surface area contributed by atoms with Crippen LogP contribution in [0.4, 0.5) is 0 Å². The average Bonchev–Trinajstić information content (AvgIpc) is 2.72. The summed E-state index contributed by atoms with van der Waals surface area (Å²) in [6.07, 6.45) is 21.5. The van der Waals surface area contributed by atoms with E-state index in [1.54, 1.807) is 0 Å². The molecular weight excluding hydrogens is 382 g/mol. The Morgan fingerprint density at radius 1 is 0.742 bits per heavy atom. The summed E-state index contributed by atoms with van der Waals surface area (Å²) >= 11 is 0. The lowest BCUT2D eigenvalue weighted by Gasteiger charge is -2.20. The molecule has 1 fully saturated rings. The van der Waals surface area contributed by atoms with E-state index >= 15 is 0 Å². The topological polar surface area (TPSA) is 30.8 Å². The van der Waals surface area contributed by atoms with Crippen LogP contribution in [-0.2, 0) is 9.57 Å². The Balaban J connectivity index is 2.19. The predicted molar refractivity (Wildman–Crippen MR) is 135 cm³/mol. The summed E-state index contributed by atoms with van der Waals surface area (Å²) in [6, 6.07) is 0. The highest BCUT2D eigenvalue weighted by molar-refractivity contribution is 5.81. The van der Waals surface area contributed by atoms with Gasteiger partial charge in [-0.15, -0.1) is 0 Å². The summed E-state index contributed by atoms with van der Waals surface area (Å²) in [6.45, 7) is 13.9. The maximum absolute atomic E-state index is 5.54. The molecule has 1 aliphatic heterocycles. The molecule has 3 nitrogen and oxygen atoms in total. The standard InChI is InChI=1S/C28H47NO2/c1-23(2)13-9-14-24(3)15-10-16-25(4)17-11-18-26(5)19-12-20-27(6)29-31-28-21-7-8-22-30-28/h13,15,17,19,28H,7-12,14,16,18,20-22H2,1-6H3. The van der Waals surface area contributed by atoms with Crippen LogP contribution in [0.25, 0.3) is 0 Å². The van der Waals surface area contributed by atoms with Crippen molar-refractivity contribution in [2.75, 3.05) is 6.61 Å². The molecule has 0 aliphatic carbocycles. The molecule has 0 N–H and O–H groups in total. The van der Waals surface area contributed by atoms with Crippen molar-refractivity contribution in [3.8, 4) is 0 Å². The molecule has 1 heterocycles. The number of rotatable bonds is 14. The molecule has 0 aromatic heterocycles. The molecule has 1 aliphatic rings. The van der Waals surface area contributed by atoms with Gasteiger partial charge in [0, 0.05) is 6.42 Å². The first kappa shape index (κ1) is 27.4. The quantitative estimate of drug-likeness (QED) is 0.157. The Labute approximate surface area is 192 Å². The molecule has 3 heteroatoms. The van der Waals surface area contributed by atoms with Crippen molar-refractivity contribution >= 4 is 5.71 Å². The zero-order valence-corrected chi connectivity index (χ0v) is 21.1. The molecule has 0 bridgehead atoms. The van der Waals surface area contributed by atoms with Gasteiger partial charge in [0.2, 0.25) is 6.29 Å². The normalized spacial score (nSPS) is 18.8. The van der Waals surface area contributed by atoms with Crippen LogP contribution in [0.15, 0.2) is 51.8 Å². The third-order valence-corrected chi connectivity index (χ3v) is 5.62. The fourth-order valence-electron chi connectivity index (χ4n) is 3.50. The van der Waals surface area contributed by atoms with Crippen LogP contribution >= 0.6 is 0 Å². The van der Waals surface area contributed by atoms with E-state index in [1.165, 1.54) is 48.0 Å². The van der Waals surface area contributed by atoms with Crippen LogP contribution in [-0.4, -0.2) is 18.6 Å².